The van der Waals surface area contributed by atoms with Crippen LogP contribution < -0.4 is 0 Å². The van der Waals surface area contributed by atoms with Crippen molar-refractivity contribution >= 4 is 19.7 Å². The largest absolute Gasteiger partial charge is 0.266 e. The molecule has 86 valence electrons. The van der Waals surface area contributed by atoms with Crippen molar-refractivity contribution in [1.29, 1.82) is 5.26 Å². The van der Waals surface area contributed by atoms with Crippen LogP contribution in [0.2, 0.25) is 0 Å². The van der Waals surface area contributed by atoms with Crippen molar-refractivity contribution in [2.24, 2.45) is 0 Å². The van der Waals surface area contributed by atoms with Crippen LogP contribution in [0.15, 0.2) is 11.0 Å². The van der Waals surface area contributed by atoms with E-state index < -0.39 is 37.6 Å². The van der Waals surface area contributed by atoms with Crippen LogP contribution in [-0.4, -0.2) is 13.4 Å². The number of alkyl halides is 2. The molecule has 0 aliphatic heterocycles. The van der Waals surface area contributed by atoms with Gasteiger partial charge in [0.15, 0.2) is 5.69 Å². The molecular formula is C7H2ClF3N2O2S. The standard InChI is InChI=1S/C7H2ClF3N2O2S/c8-16(14,15)5-1-3(6(9)10)4(2-12)13-7(5)11/h1,6H. The van der Waals surface area contributed by atoms with Crippen LogP contribution in [0.3, 0.4) is 0 Å². The van der Waals surface area contributed by atoms with Gasteiger partial charge in [-0.2, -0.15) is 9.65 Å². The van der Waals surface area contributed by atoms with E-state index in [9.17, 15) is 21.6 Å². The van der Waals surface area contributed by atoms with Crippen molar-refractivity contribution < 1.29 is 21.6 Å². The van der Waals surface area contributed by atoms with E-state index in [1.807, 2.05) is 0 Å². The number of pyridine rings is 1. The lowest BCUT2D eigenvalue weighted by molar-refractivity contribution is 0.150. The molecule has 4 nitrogen and oxygen atoms in total. The average molecular weight is 271 g/mol. The van der Waals surface area contributed by atoms with Gasteiger partial charge < -0.3 is 0 Å². The molecule has 0 saturated carbocycles. The number of hydrogen-bond acceptors (Lipinski definition) is 4. The predicted octanol–water partition coefficient (Wildman–Crippen LogP) is 1.96. The molecule has 0 aromatic carbocycles. The molecule has 0 N–H and O–H groups in total. The van der Waals surface area contributed by atoms with E-state index in [4.69, 9.17) is 15.9 Å². The summed E-state index contributed by atoms with van der Waals surface area (Å²) in [4.78, 5) is 1.63. The van der Waals surface area contributed by atoms with Gasteiger partial charge in [-0.1, -0.05) is 0 Å². The molecule has 1 aromatic rings. The minimum Gasteiger partial charge on any atom is -0.207 e. The summed E-state index contributed by atoms with van der Waals surface area (Å²) in [7, 11) is 0.278. The predicted molar refractivity (Wildman–Crippen MR) is 46.9 cm³/mol. The lowest BCUT2D eigenvalue weighted by Gasteiger charge is -2.04. The van der Waals surface area contributed by atoms with Gasteiger partial charge in [-0.05, 0) is 6.07 Å². The summed E-state index contributed by atoms with van der Waals surface area (Å²) in [5, 5.41) is 8.39. The minimum atomic E-state index is -4.52. The Bertz CT molecular complexity index is 568. The molecule has 9 heteroatoms. The van der Waals surface area contributed by atoms with E-state index in [0.717, 1.165) is 0 Å². The van der Waals surface area contributed by atoms with E-state index >= 15 is 0 Å². The zero-order valence-electron chi connectivity index (χ0n) is 7.29. The van der Waals surface area contributed by atoms with Crippen LogP contribution in [0.5, 0.6) is 0 Å². The second-order valence-corrected chi connectivity index (χ2v) is 5.10. The van der Waals surface area contributed by atoms with Gasteiger partial charge >= 0.3 is 0 Å². The maximum atomic E-state index is 13.0. The third-order valence-corrected chi connectivity index (χ3v) is 2.89. The molecule has 0 atom stereocenters. The normalized spacial score (nSPS) is 11.5. The first kappa shape index (κ1) is 12.7. The fourth-order valence-electron chi connectivity index (χ4n) is 0.914. The third-order valence-electron chi connectivity index (χ3n) is 1.58. The van der Waals surface area contributed by atoms with Gasteiger partial charge in [0, 0.05) is 10.7 Å². The van der Waals surface area contributed by atoms with Crippen LogP contribution in [0.4, 0.5) is 13.2 Å². The highest BCUT2D eigenvalue weighted by Gasteiger charge is 2.24. The summed E-state index contributed by atoms with van der Waals surface area (Å²) < 4.78 is 59.3. The van der Waals surface area contributed by atoms with Crippen molar-refractivity contribution in [2.75, 3.05) is 0 Å². The van der Waals surface area contributed by atoms with Crippen LogP contribution in [0.25, 0.3) is 0 Å². The van der Waals surface area contributed by atoms with Crippen LogP contribution in [0, 0.1) is 17.3 Å². The molecule has 1 rings (SSSR count). The molecule has 1 heterocycles. The van der Waals surface area contributed by atoms with Gasteiger partial charge in [0.05, 0.1) is 5.56 Å². The molecule has 0 bridgehead atoms. The van der Waals surface area contributed by atoms with Gasteiger partial charge in [-0.25, -0.2) is 22.2 Å². The van der Waals surface area contributed by atoms with E-state index in [0.29, 0.717) is 6.07 Å². The Morgan fingerprint density at radius 2 is 2.06 bits per heavy atom. The van der Waals surface area contributed by atoms with Crippen molar-refractivity contribution in [3.8, 4) is 6.07 Å². The van der Waals surface area contributed by atoms with Gasteiger partial charge in [-0.15, -0.1) is 0 Å². The topological polar surface area (TPSA) is 70.8 Å². The first-order valence-corrected chi connectivity index (χ1v) is 5.91. The lowest BCUT2D eigenvalue weighted by atomic mass is 10.2. The summed E-state index contributed by atoms with van der Waals surface area (Å²) in [5.41, 5.74) is -1.86. The van der Waals surface area contributed by atoms with E-state index in [-0.39, 0.29) is 0 Å². The smallest absolute Gasteiger partial charge is 0.207 e. The van der Waals surface area contributed by atoms with Crippen molar-refractivity contribution in [1.82, 2.24) is 4.98 Å². The van der Waals surface area contributed by atoms with Crippen LogP contribution >= 0.6 is 10.7 Å². The molecule has 1 aromatic heterocycles. The van der Waals surface area contributed by atoms with Crippen molar-refractivity contribution in [3.05, 3.63) is 23.3 Å². The van der Waals surface area contributed by atoms with Gasteiger partial charge in [0.2, 0.25) is 5.95 Å². The Hall–Kier alpha value is -1.33. The molecule has 0 radical (unpaired) electrons. The Kier molecular flexibility index (Phi) is 3.40. The Balaban J connectivity index is 3.60. The Morgan fingerprint density at radius 1 is 1.50 bits per heavy atom. The molecule has 16 heavy (non-hydrogen) atoms. The highest BCUT2D eigenvalue weighted by atomic mass is 35.7. The fourth-order valence-corrected chi connectivity index (χ4v) is 1.75. The highest BCUT2D eigenvalue weighted by Crippen LogP contribution is 2.27. The molecule has 0 fully saturated rings. The first-order valence-electron chi connectivity index (χ1n) is 3.60. The summed E-state index contributed by atoms with van der Waals surface area (Å²) in [5.74, 6) is -1.59. The quantitative estimate of drug-likeness (QED) is 0.608. The van der Waals surface area contributed by atoms with Gasteiger partial charge in [0.1, 0.15) is 11.0 Å². The number of nitrogens with zero attached hydrogens (tertiary/aromatic N) is 2. The number of hydrogen-bond donors (Lipinski definition) is 0. The second-order valence-electron chi connectivity index (χ2n) is 2.57. The third kappa shape index (κ3) is 2.43. The molecule has 0 aliphatic rings. The number of rotatable bonds is 2. The van der Waals surface area contributed by atoms with Crippen molar-refractivity contribution in [2.45, 2.75) is 11.3 Å². The molecule has 0 spiro atoms. The number of nitriles is 1. The maximum absolute atomic E-state index is 13.0. The molecule has 0 amide bonds. The summed E-state index contributed by atoms with van der Waals surface area (Å²) in [6, 6.07) is 1.53. The van der Waals surface area contributed by atoms with E-state index in [1.165, 1.54) is 6.07 Å². The highest BCUT2D eigenvalue weighted by molar-refractivity contribution is 8.13. The van der Waals surface area contributed by atoms with Gasteiger partial charge in [0.25, 0.3) is 15.5 Å². The van der Waals surface area contributed by atoms with E-state index in [1.54, 1.807) is 0 Å². The summed E-state index contributed by atoms with van der Waals surface area (Å²) >= 11 is 0. The minimum absolute atomic E-state index is 0.299. The number of halogens is 4. The van der Waals surface area contributed by atoms with E-state index in [2.05, 4.69) is 4.98 Å². The first-order chi connectivity index (χ1) is 7.27. The van der Waals surface area contributed by atoms with Crippen LogP contribution in [0.1, 0.15) is 17.7 Å². The Labute approximate surface area is 92.7 Å². The fraction of sp³-hybridized carbons (Fsp3) is 0.143. The summed E-state index contributed by atoms with van der Waals surface area (Å²) in [6.45, 7) is 0. The monoisotopic (exact) mass is 270 g/mol. The van der Waals surface area contributed by atoms with Gasteiger partial charge in [-0.3, -0.25) is 0 Å². The van der Waals surface area contributed by atoms with Crippen molar-refractivity contribution in [3.63, 3.8) is 0 Å². The maximum Gasteiger partial charge on any atom is 0.266 e. The zero-order valence-corrected chi connectivity index (χ0v) is 8.86. The zero-order chi connectivity index (χ0) is 12.5. The lowest BCUT2D eigenvalue weighted by Crippen LogP contribution is -2.04. The Morgan fingerprint density at radius 3 is 2.44 bits per heavy atom. The summed E-state index contributed by atoms with van der Waals surface area (Å²) in [6.07, 6.45) is -3.15. The molecule has 0 aliphatic carbocycles. The molecule has 0 unspecified atom stereocenters. The number of aromatic nitrogens is 1. The SMILES string of the molecule is N#Cc1nc(F)c(S(=O)(=O)Cl)cc1C(F)F. The molecule has 0 saturated heterocycles. The second kappa shape index (κ2) is 4.27. The molecular weight excluding hydrogens is 269 g/mol. The van der Waals surface area contributed by atoms with Crippen LogP contribution in [-0.2, 0) is 9.05 Å². The average Bonchev–Trinajstić information content (AvgIpc) is 2.14.